The molecule has 2 aliphatic heterocycles. The van der Waals surface area contributed by atoms with Gasteiger partial charge in [-0.3, -0.25) is 20.6 Å². The van der Waals surface area contributed by atoms with Crippen LogP contribution in [0.4, 0.5) is 0 Å². The zero-order valence-electron chi connectivity index (χ0n) is 16.3. The van der Waals surface area contributed by atoms with Gasteiger partial charge in [0, 0.05) is 12.8 Å². The summed E-state index contributed by atoms with van der Waals surface area (Å²) in [6, 6.07) is 8.67. The number of benzene rings is 1. The van der Waals surface area contributed by atoms with Crippen molar-refractivity contribution in [1.82, 2.24) is 10.6 Å². The van der Waals surface area contributed by atoms with Gasteiger partial charge < -0.3 is 21.6 Å². The third-order valence-corrected chi connectivity index (χ3v) is 3.38. The van der Waals surface area contributed by atoms with Gasteiger partial charge in [0.25, 0.3) is 11.7 Å². The van der Waals surface area contributed by atoms with E-state index in [9.17, 15) is 0 Å². The smallest absolute Gasteiger partial charge is 0.753 e. The second kappa shape index (κ2) is 25.9. The molecule has 0 aromatic heterocycles. The number of nitrogens with zero attached hydrogens (tertiary/aromatic N) is 4. The molecule has 31 heavy (non-hydrogen) atoms. The fourth-order valence-corrected chi connectivity index (χ4v) is 2.37. The SMILES string of the molecule is [Cu+2].[N-]=C=S.[N-]=C=S.[N-]=C=S.[N-]=C=S.c1cc(C2=[NH+]CCCN2)ccc1C1=[NH+]CCCN1. The van der Waals surface area contributed by atoms with Gasteiger partial charge in [-0.05, 0) is 24.3 Å². The molecule has 0 spiro atoms. The van der Waals surface area contributed by atoms with Crippen molar-refractivity contribution in [3.05, 3.63) is 57.0 Å². The molecule has 2 aliphatic rings. The minimum Gasteiger partial charge on any atom is -0.753 e. The Hall–Kier alpha value is -2.12. The van der Waals surface area contributed by atoms with Crippen LogP contribution in [0.1, 0.15) is 24.0 Å². The van der Waals surface area contributed by atoms with Gasteiger partial charge >= 0.3 is 17.1 Å². The Balaban J connectivity index is -0.000000511. The summed E-state index contributed by atoms with van der Waals surface area (Å²) in [6.07, 6.45) is 2.38. The molecule has 0 aliphatic carbocycles. The summed E-state index contributed by atoms with van der Waals surface area (Å²) in [4.78, 5) is 6.80. The molecule has 3 rings (SSSR count). The van der Waals surface area contributed by atoms with Crippen molar-refractivity contribution in [3.8, 4) is 0 Å². The molecule has 4 N–H and O–H groups in total. The molecular weight excluding hydrogens is 520 g/mol. The minimum absolute atomic E-state index is 0. The second-order valence-electron chi connectivity index (χ2n) is 5.11. The van der Waals surface area contributed by atoms with E-state index in [1.807, 2.05) is 0 Å². The molecule has 0 saturated carbocycles. The van der Waals surface area contributed by atoms with E-state index < -0.39 is 0 Å². The van der Waals surface area contributed by atoms with Gasteiger partial charge in [-0.2, -0.15) is 20.6 Å². The van der Waals surface area contributed by atoms with Gasteiger partial charge in [0.05, 0.1) is 37.3 Å². The van der Waals surface area contributed by atoms with E-state index in [1.165, 1.54) is 44.6 Å². The number of hydrogen-bond acceptors (Lipinski definition) is 6. The Kier molecular flexibility index (Phi) is 28.0. The molecular formula is C18H20CuN8S4. The van der Waals surface area contributed by atoms with Crippen molar-refractivity contribution in [2.24, 2.45) is 0 Å². The quantitative estimate of drug-likeness (QED) is 0.236. The monoisotopic (exact) mass is 539 g/mol. The molecule has 0 saturated heterocycles. The van der Waals surface area contributed by atoms with E-state index in [1.54, 1.807) is 0 Å². The van der Waals surface area contributed by atoms with Gasteiger partial charge in [0.2, 0.25) is 0 Å². The Labute approximate surface area is 213 Å². The van der Waals surface area contributed by atoms with Crippen LogP contribution in [0.2, 0.25) is 0 Å². The largest absolute Gasteiger partial charge is 2.00 e. The molecule has 0 atom stereocenters. The molecule has 1 aromatic rings. The fourth-order valence-electron chi connectivity index (χ4n) is 2.37. The van der Waals surface area contributed by atoms with Crippen molar-refractivity contribution >= 4 is 81.2 Å². The zero-order chi connectivity index (χ0) is 23.0. The van der Waals surface area contributed by atoms with Gasteiger partial charge in [-0.25, -0.2) is 0 Å². The number of rotatable bonds is 2. The summed E-state index contributed by atoms with van der Waals surface area (Å²) < 4.78 is 0. The molecule has 0 fully saturated rings. The maximum absolute atomic E-state index is 7.13. The number of thiocarbonyl (C=S) groups is 4. The topological polar surface area (TPSA) is 141 Å². The van der Waals surface area contributed by atoms with Crippen LogP contribution in [-0.2, 0) is 17.1 Å². The van der Waals surface area contributed by atoms with Crippen LogP contribution >= 0.6 is 48.9 Å². The predicted octanol–water partition coefficient (Wildman–Crippen LogP) is -0.0405. The van der Waals surface area contributed by atoms with Crippen molar-refractivity contribution in [2.45, 2.75) is 12.8 Å². The fraction of sp³-hybridized carbons (Fsp3) is 0.333. The van der Waals surface area contributed by atoms with Crippen LogP contribution in [0.3, 0.4) is 0 Å². The summed E-state index contributed by atoms with van der Waals surface area (Å²) in [5, 5.41) is 40.7. The third kappa shape index (κ3) is 18.4. The summed E-state index contributed by atoms with van der Waals surface area (Å²) >= 11 is 14.8. The van der Waals surface area contributed by atoms with Crippen LogP contribution in [0, 0.1) is 0 Å². The van der Waals surface area contributed by atoms with Crippen molar-refractivity contribution in [3.63, 3.8) is 0 Å². The van der Waals surface area contributed by atoms with E-state index in [0.29, 0.717) is 0 Å². The predicted molar refractivity (Wildman–Crippen MR) is 135 cm³/mol. The first-order chi connectivity index (χ1) is 14.6. The Morgan fingerprint density at radius 2 is 0.903 bits per heavy atom. The van der Waals surface area contributed by atoms with E-state index in [2.05, 4.69) is 93.8 Å². The second-order valence-corrected chi connectivity index (χ2v) is 5.84. The van der Waals surface area contributed by atoms with E-state index in [4.69, 9.17) is 21.6 Å². The normalized spacial score (nSPS) is 12.3. The van der Waals surface area contributed by atoms with Crippen molar-refractivity contribution in [2.75, 3.05) is 26.2 Å². The molecule has 167 valence electrons. The average molecular weight is 540 g/mol. The molecule has 0 amide bonds. The molecule has 13 heteroatoms. The maximum Gasteiger partial charge on any atom is 2.00 e. The van der Waals surface area contributed by atoms with Crippen LogP contribution in [0.5, 0.6) is 0 Å². The zero-order valence-corrected chi connectivity index (χ0v) is 20.5. The Morgan fingerprint density at radius 3 is 1.10 bits per heavy atom. The molecule has 2 heterocycles. The van der Waals surface area contributed by atoms with E-state index in [0.717, 1.165) is 37.9 Å². The number of hydrogen-bond donors (Lipinski definition) is 4. The van der Waals surface area contributed by atoms with E-state index >= 15 is 0 Å². The first-order valence-corrected chi connectivity index (χ1v) is 10.1. The minimum atomic E-state index is 0. The first kappa shape index (κ1) is 33.5. The van der Waals surface area contributed by atoms with Crippen LogP contribution < -0.4 is 20.6 Å². The summed E-state index contributed by atoms with van der Waals surface area (Å²) in [5.74, 6) is 2.31. The number of amidine groups is 2. The van der Waals surface area contributed by atoms with Crippen LogP contribution in [0.25, 0.3) is 21.6 Å². The molecule has 8 nitrogen and oxygen atoms in total. The average Bonchev–Trinajstić information content (AvgIpc) is 2.77. The summed E-state index contributed by atoms with van der Waals surface area (Å²) in [7, 11) is 0. The van der Waals surface area contributed by atoms with Gasteiger partial charge in [0.15, 0.2) is 0 Å². The summed E-state index contributed by atoms with van der Waals surface area (Å²) in [5.41, 5.74) is 2.46. The summed E-state index contributed by atoms with van der Waals surface area (Å²) in [6.45, 7) is 4.24. The third-order valence-electron chi connectivity index (χ3n) is 3.38. The van der Waals surface area contributed by atoms with Crippen LogP contribution in [0.15, 0.2) is 24.3 Å². The van der Waals surface area contributed by atoms with Gasteiger partial charge in [0.1, 0.15) is 0 Å². The van der Waals surface area contributed by atoms with Crippen molar-refractivity contribution < 1.29 is 27.1 Å². The molecule has 0 unspecified atom stereocenters. The number of nitrogens with one attached hydrogen (secondary N) is 4. The van der Waals surface area contributed by atoms with Crippen molar-refractivity contribution in [1.29, 1.82) is 0 Å². The number of isothiocyanates is 4. The molecule has 0 bridgehead atoms. The van der Waals surface area contributed by atoms with Gasteiger partial charge in [-0.15, -0.1) is 0 Å². The first-order valence-electron chi connectivity index (χ1n) is 8.45. The van der Waals surface area contributed by atoms with E-state index in [-0.39, 0.29) is 17.1 Å². The van der Waals surface area contributed by atoms with Crippen LogP contribution in [-0.4, -0.2) is 58.5 Å². The Bertz CT molecular complexity index is 722. The Morgan fingerprint density at radius 1 is 0.645 bits per heavy atom. The maximum atomic E-state index is 7.13. The standard InChI is InChI=1S/C14H18N4.4CNS.Cu/c1-7-15-13(16-8-1)11-3-5-12(6-4-11)14-17-9-2-10-18-14;4*2-1-3;/h3-6H,1-2,7-10H2,(H,15,16)(H,17,18);;;;;/q;4*-1;+2/p+2. The van der Waals surface area contributed by atoms with Gasteiger partial charge in [-0.1, -0.05) is 48.9 Å². The molecule has 1 aromatic carbocycles. The molecule has 1 radical (unpaired) electrons.